The van der Waals surface area contributed by atoms with Crippen LogP contribution in [0.2, 0.25) is 0 Å². The molecule has 0 N–H and O–H groups in total. The van der Waals surface area contributed by atoms with E-state index in [9.17, 15) is 8.42 Å². The maximum absolute atomic E-state index is 12.7. The highest BCUT2D eigenvalue weighted by atomic mass is 32.2. The molecule has 1 aliphatic heterocycles. The van der Waals surface area contributed by atoms with Crippen LogP contribution in [-0.4, -0.2) is 70.8 Å². The Morgan fingerprint density at radius 2 is 1.66 bits per heavy atom. The monoisotopic (exact) mass is 456 g/mol. The molecule has 9 nitrogen and oxygen atoms in total. The van der Waals surface area contributed by atoms with Gasteiger partial charge in [-0.3, -0.25) is 4.57 Å². The van der Waals surface area contributed by atoms with Crippen molar-refractivity contribution in [1.82, 2.24) is 23.8 Å². The van der Waals surface area contributed by atoms with E-state index >= 15 is 0 Å². The standard InChI is InChI=1S/C22H28N6O3S/c1-17-18(2)28(16-23-17)22-15-21(24-19(3)25-22)26-9-11-27(12-10-26)32(29,30)14-13-31-20-7-5-4-6-8-20/h4-8,15-16H,9-14H2,1-3H3. The third kappa shape index (κ3) is 4.91. The second kappa shape index (κ2) is 9.25. The topological polar surface area (TPSA) is 93.5 Å². The van der Waals surface area contributed by atoms with Gasteiger partial charge in [-0.25, -0.2) is 23.4 Å². The summed E-state index contributed by atoms with van der Waals surface area (Å²) >= 11 is 0. The van der Waals surface area contributed by atoms with Crippen LogP contribution in [0.1, 0.15) is 17.2 Å². The van der Waals surface area contributed by atoms with E-state index in [1.165, 1.54) is 4.31 Å². The van der Waals surface area contributed by atoms with Crippen LogP contribution in [0.15, 0.2) is 42.7 Å². The lowest BCUT2D eigenvalue weighted by Gasteiger charge is -2.34. The van der Waals surface area contributed by atoms with Gasteiger partial charge >= 0.3 is 0 Å². The van der Waals surface area contributed by atoms with Crippen LogP contribution in [0.4, 0.5) is 5.82 Å². The molecule has 0 spiro atoms. The fourth-order valence-corrected chi connectivity index (χ4v) is 4.93. The van der Waals surface area contributed by atoms with Crippen molar-refractivity contribution in [2.24, 2.45) is 0 Å². The summed E-state index contributed by atoms with van der Waals surface area (Å²) in [6.07, 6.45) is 1.76. The second-order valence-corrected chi connectivity index (χ2v) is 9.87. The number of benzene rings is 1. The molecule has 4 rings (SSSR count). The van der Waals surface area contributed by atoms with Crippen LogP contribution in [-0.2, 0) is 10.0 Å². The van der Waals surface area contributed by atoms with Gasteiger partial charge in [0.25, 0.3) is 0 Å². The number of hydrogen-bond donors (Lipinski definition) is 0. The van der Waals surface area contributed by atoms with Crippen molar-refractivity contribution in [3.05, 3.63) is 59.9 Å². The molecule has 3 heterocycles. The SMILES string of the molecule is Cc1nc(N2CCN(S(=O)(=O)CCOc3ccccc3)CC2)cc(-n2cnc(C)c2C)n1. The first-order valence-corrected chi connectivity index (χ1v) is 12.2. The van der Waals surface area contributed by atoms with Gasteiger partial charge in [0.15, 0.2) is 0 Å². The van der Waals surface area contributed by atoms with Gasteiger partial charge < -0.3 is 9.64 Å². The van der Waals surface area contributed by atoms with E-state index < -0.39 is 10.0 Å². The van der Waals surface area contributed by atoms with Crippen molar-refractivity contribution in [2.75, 3.05) is 43.4 Å². The number of ether oxygens (including phenoxy) is 1. The Hall–Kier alpha value is -2.98. The summed E-state index contributed by atoms with van der Waals surface area (Å²) in [5.41, 5.74) is 1.99. The van der Waals surface area contributed by atoms with Gasteiger partial charge in [0.2, 0.25) is 10.0 Å². The zero-order valence-corrected chi connectivity index (χ0v) is 19.4. The normalized spacial score (nSPS) is 15.2. The van der Waals surface area contributed by atoms with E-state index in [0.29, 0.717) is 37.8 Å². The van der Waals surface area contributed by atoms with Gasteiger partial charge in [-0.15, -0.1) is 0 Å². The number of nitrogens with zero attached hydrogens (tertiary/aromatic N) is 6. The number of sulfonamides is 1. The molecule has 170 valence electrons. The summed E-state index contributed by atoms with van der Waals surface area (Å²) in [5, 5.41) is 0. The van der Waals surface area contributed by atoms with Gasteiger partial charge in [-0.1, -0.05) is 18.2 Å². The molecule has 0 bridgehead atoms. The van der Waals surface area contributed by atoms with Gasteiger partial charge in [0, 0.05) is 37.9 Å². The van der Waals surface area contributed by atoms with Crippen LogP contribution in [0.5, 0.6) is 5.75 Å². The average molecular weight is 457 g/mol. The summed E-state index contributed by atoms with van der Waals surface area (Å²) in [6, 6.07) is 11.2. The predicted molar refractivity (Wildman–Crippen MR) is 123 cm³/mol. The van der Waals surface area contributed by atoms with Crippen LogP contribution in [0, 0.1) is 20.8 Å². The number of aromatic nitrogens is 4. The molecule has 10 heteroatoms. The molecule has 1 aromatic carbocycles. The van der Waals surface area contributed by atoms with E-state index in [1.54, 1.807) is 6.33 Å². The quantitative estimate of drug-likeness (QED) is 0.538. The lowest BCUT2D eigenvalue weighted by atomic mass is 10.3. The molecule has 0 aliphatic carbocycles. The van der Waals surface area contributed by atoms with Crippen molar-refractivity contribution >= 4 is 15.8 Å². The van der Waals surface area contributed by atoms with E-state index in [-0.39, 0.29) is 12.4 Å². The first kappa shape index (κ1) is 22.2. The number of para-hydroxylation sites is 1. The van der Waals surface area contributed by atoms with E-state index in [1.807, 2.05) is 61.7 Å². The highest BCUT2D eigenvalue weighted by molar-refractivity contribution is 7.89. The Bertz CT molecular complexity index is 1170. The molecule has 1 saturated heterocycles. The zero-order valence-electron chi connectivity index (χ0n) is 18.6. The van der Waals surface area contributed by atoms with Crippen LogP contribution in [0.3, 0.4) is 0 Å². The Balaban J connectivity index is 1.38. The van der Waals surface area contributed by atoms with Gasteiger partial charge in [0.1, 0.15) is 36.1 Å². The van der Waals surface area contributed by atoms with Gasteiger partial charge in [-0.05, 0) is 32.9 Å². The fraction of sp³-hybridized carbons (Fsp3) is 0.409. The minimum absolute atomic E-state index is 0.0437. The lowest BCUT2D eigenvalue weighted by molar-refractivity contribution is 0.331. The fourth-order valence-electron chi connectivity index (χ4n) is 3.66. The summed E-state index contributed by atoms with van der Waals surface area (Å²) in [5.74, 6) is 2.85. The zero-order chi connectivity index (χ0) is 22.7. The number of rotatable bonds is 7. The third-order valence-electron chi connectivity index (χ3n) is 5.62. The molecule has 1 fully saturated rings. The highest BCUT2D eigenvalue weighted by Gasteiger charge is 2.28. The molecule has 0 saturated carbocycles. The van der Waals surface area contributed by atoms with Crippen LogP contribution in [0.25, 0.3) is 5.82 Å². The van der Waals surface area contributed by atoms with Gasteiger partial charge in [0.05, 0.1) is 11.4 Å². The van der Waals surface area contributed by atoms with Crippen molar-refractivity contribution < 1.29 is 13.2 Å². The summed E-state index contributed by atoms with van der Waals surface area (Å²) in [6.45, 7) is 7.91. The molecule has 0 unspecified atom stereocenters. The summed E-state index contributed by atoms with van der Waals surface area (Å²) in [4.78, 5) is 15.6. The highest BCUT2D eigenvalue weighted by Crippen LogP contribution is 2.20. The molecular formula is C22H28N6O3S. The molecule has 2 aromatic heterocycles. The predicted octanol–water partition coefficient (Wildman–Crippen LogP) is 2.12. The number of hydrogen-bond acceptors (Lipinski definition) is 7. The van der Waals surface area contributed by atoms with Crippen LogP contribution < -0.4 is 9.64 Å². The first-order chi connectivity index (χ1) is 15.3. The van der Waals surface area contributed by atoms with E-state index in [0.717, 1.165) is 23.0 Å². The smallest absolute Gasteiger partial charge is 0.217 e. The maximum atomic E-state index is 12.7. The summed E-state index contributed by atoms with van der Waals surface area (Å²) < 4.78 is 34.5. The Morgan fingerprint density at radius 1 is 0.969 bits per heavy atom. The number of anilines is 1. The first-order valence-electron chi connectivity index (χ1n) is 10.6. The van der Waals surface area contributed by atoms with Crippen molar-refractivity contribution in [2.45, 2.75) is 20.8 Å². The minimum Gasteiger partial charge on any atom is -0.492 e. The Morgan fingerprint density at radius 3 is 2.31 bits per heavy atom. The third-order valence-corrected chi connectivity index (χ3v) is 7.45. The Labute approximate surface area is 188 Å². The second-order valence-electron chi connectivity index (χ2n) is 7.78. The number of imidazole rings is 1. The van der Waals surface area contributed by atoms with Crippen molar-refractivity contribution in [3.8, 4) is 11.6 Å². The number of aryl methyl sites for hydroxylation is 2. The van der Waals surface area contributed by atoms with Gasteiger partial charge in [-0.2, -0.15) is 4.31 Å². The molecule has 3 aromatic rings. The molecule has 0 atom stereocenters. The molecule has 32 heavy (non-hydrogen) atoms. The Kier molecular flexibility index (Phi) is 6.43. The molecular weight excluding hydrogens is 428 g/mol. The maximum Gasteiger partial charge on any atom is 0.217 e. The summed E-state index contributed by atoms with van der Waals surface area (Å²) in [7, 11) is -3.38. The number of piperazine rings is 1. The lowest BCUT2D eigenvalue weighted by Crippen LogP contribution is -2.50. The van der Waals surface area contributed by atoms with Crippen molar-refractivity contribution in [3.63, 3.8) is 0 Å². The minimum atomic E-state index is -3.38. The molecule has 1 aliphatic rings. The van der Waals surface area contributed by atoms with E-state index in [4.69, 9.17) is 4.74 Å². The van der Waals surface area contributed by atoms with Crippen LogP contribution >= 0.6 is 0 Å². The molecule has 0 radical (unpaired) electrons. The largest absolute Gasteiger partial charge is 0.492 e. The van der Waals surface area contributed by atoms with E-state index in [2.05, 4.69) is 19.9 Å². The molecule has 0 amide bonds. The average Bonchev–Trinajstić information content (AvgIpc) is 3.12. The van der Waals surface area contributed by atoms with Crippen molar-refractivity contribution in [1.29, 1.82) is 0 Å².